The van der Waals surface area contributed by atoms with Gasteiger partial charge in [0.15, 0.2) is 0 Å². The number of benzene rings is 1. The maximum atomic E-state index is 6.20. The van der Waals surface area contributed by atoms with Crippen LogP contribution in [-0.4, -0.2) is 26.4 Å². The van der Waals surface area contributed by atoms with Gasteiger partial charge in [-0.25, -0.2) is 0 Å². The predicted octanol–water partition coefficient (Wildman–Crippen LogP) is 3.67. The van der Waals surface area contributed by atoms with Crippen molar-refractivity contribution in [2.24, 2.45) is 11.7 Å². The molecule has 1 aromatic carbocycles. The Bertz CT molecular complexity index is 398. The second-order valence-corrected chi connectivity index (χ2v) is 5.62. The number of rotatable bonds is 9. The number of methoxy groups -OCH3 is 1. The highest BCUT2D eigenvalue weighted by atomic mass is 35.5. The molecule has 114 valence electrons. The number of nitrogens with two attached hydrogens (primary N) is 1. The fourth-order valence-electron chi connectivity index (χ4n) is 1.95. The van der Waals surface area contributed by atoms with Gasteiger partial charge in [0.05, 0.1) is 11.6 Å². The molecular formula is C16H26ClNO2. The maximum Gasteiger partial charge on any atom is 0.138 e. The maximum absolute atomic E-state index is 6.20. The second-order valence-electron chi connectivity index (χ2n) is 5.21. The molecule has 2 atom stereocenters. The van der Waals surface area contributed by atoms with Gasteiger partial charge < -0.3 is 15.2 Å². The SMILES string of the molecule is CCC(C)C(N)Cc1ccc(Cl)c(OCCCOC)c1. The lowest BCUT2D eigenvalue weighted by atomic mass is 9.94. The number of halogens is 1. The van der Waals surface area contributed by atoms with Crippen molar-refractivity contribution in [2.45, 2.75) is 39.2 Å². The molecule has 0 bridgehead atoms. The van der Waals surface area contributed by atoms with E-state index in [0.29, 0.717) is 24.2 Å². The molecule has 0 saturated heterocycles. The summed E-state index contributed by atoms with van der Waals surface area (Å²) in [7, 11) is 1.68. The minimum atomic E-state index is 0.169. The predicted molar refractivity (Wildman–Crippen MR) is 84.6 cm³/mol. The molecule has 4 heteroatoms. The van der Waals surface area contributed by atoms with E-state index in [4.69, 9.17) is 26.8 Å². The van der Waals surface area contributed by atoms with Crippen LogP contribution in [0.15, 0.2) is 18.2 Å². The third-order valence-electron chi connectivity index (χ3n) is 3.59. The molecular weight excluding hydrogens is 274 g/mol. The van der Waals surface area contributed by atoms with Gasteiger partial charge in [0.2, 0.25) is 0 Å². The van der Waals surface area contributed by atoms with Gasteiger partial charge >= 0.3 is 0 Å². The Hall–Kier alpha value is -0.770. The highest BCUT2D eigenvalue weighted by Crippen LogP contribution is 2.26. The molecule has 0 fully saturated rings. The van der Waals surface area contributed by atoms with Gasteiger partial charge in [-0.15, -0.1) is 0 Å². The summed E-state index contributed by atoms with van der Waals surface area (Å²) < 4.78 is 10.7. The lowest BCUT2D eigenvalue weighted by Gasteiger charge is -2.19. The van der Waals surface area contributed by atoms with E-state index in [9.17, 15) is 0 Å². The van der Waals surface area contributed by atoms with Crippen LogP contribution in [0.5, 0.6) is 5.75 Å². The van der Waals surface area contributed by atoms with Crippen LogP contribution < -0.4 is 10.5 Å². The molecule has 20 heavy (non-hydrogen) atoms. The van der Waals surface area contributed by atoms with Crippen molar-refractivity contribution in [2.75, 3.05) is 20.3 Å². The molecule has 1 rings (SSSR count). The fourth-order valence-corrected chi connectivity index (χ4v) is 2.12. The molecule has 0 aliphatic heterocycles. The summed E-state index contributed by atoms with van der Waals surface area (Å²) in [6.07, 6.45) is 2.79. The number of ether oxygens (including phenoxy) is 2. The van der Waals surface area contributed by atoms with Gasteiger partial charge in [0.25, 0.3) is 0 Å². The molecule has 0 saturated carbocycles. The van der Waals surface area contributed by atoms with Gasteiger partial charge in [-0.3, -0.25) is 0 Å². The molecule has 0 spiro atoms. The monoisotopic (exact) mass is 299 g/mol. The number of hydrogen-bond donors (Lipinski definition) is 1. The normalized spacial score (nSPS) is 14.1. The van der Waals surface area contributed by atoms with Crippen LogP contribution in [0.4, 0.5) is 0 Å². The summed E-state index contributed by atoms with van der Waals surface area (Å²) in [5.41, 5.74) is 7.37. The summed E-state index contributed by atoms with van der Waals surface area (Å²) in [6.45, 7) is 5.64. The van der Waals surface area contributed by atoms with Crippen LogP contribution in [0.2, 0.25) is 5.02 Å². The lowest BCUT2D eigenvalue weighted by molar-refractivity contribution is 0.172. The van der Waals surface area contributed by atoms with E-state index >= 15 is 0 Å². The van der Waals surface area contributed by atoms with Crippen LogP contribution in [0.25, 0.3) is 0 Å². The molecule has 2 N–H and O–H groups in total. The molecule has 0 heterocycles. The van der Waals surface area contributed by atoms with Gasteiger partial charge in [-0.05, 0) is 30.0 Å². The topological polar surface area (TPSA) is 44.5 Å². The molecule has 0 aromatic heterocycles. The molecule has 0 radical (unpaired) electrons. The summed E-state index contributed by atoms with van der Waals surface area (Å²) in [6, 6.07) is 6.07. The zero-order valence-electron chi connectivity index (χ0n) is 12.7. The van der Waals surface area contributed by atoms with Crippen molar-refractivity contribution in [1.82, 2.24) is 0 Å². The van der Waals surface area contributed by atoms with Crippen LogP contribution in [0.3, 0.4) is 0 Å². The van der Waals surface area contributed by atoms with Gasteiger partial charge in [0.1, 0.15) is 5.75 Å². The Morgan fingerprint density at radius 2 is 2.05 bits per heavy atom. The molecule has 0 aliphatic rings. The summed E-state index contributed by atoms with van der Waals surface area (Å²) in [5.74, 6) is 1.24. The number of hydrogen-bond acceptors (Lipinski definition) is 3. The Labute approximate surface area is 127 Å². The third-order valence-corrected chi connectivity index (χ3v) is 3.90. The summed E-state index contributed by atoms with van der Waals surface area (Å²) >= 11 is 6.15. The van der Waals surface area contributed by atoms with E-state index in [0.717, 1.165) is 25.0 Å². The van der Waals surface area contributed by atoms with E-state index < -0.39 is 0 Å². The van der Waals surface area contributed by atoms with Crippen LogP contribution in [0, 0.1) is 5.92 Å². The molecule has 2 unspecified atom stereocenters. The zero-order chi connectivity index (χ0) is 15.0. The molecule has 0 amide bonds. The van der Waals surface area contributed by atoms with Crippen LogP contribution in [0.1, 0.15) is 32.3 Å². The van der Waals surface area contributed by atoms with Gasteiger partial charge in [-0.2, -0.15) is 0 Å². The van der Waals surface area contributed by atoms with E-state index in [-0.39, 0.29) is 6.04 Å². The van der Waals surface area contributed by atoms with E-state index in [1.165, 1.54) is 5.56 Å². The Kier molecular flexibility index (Phi) is 7.97. The van der Waals surface area contributed by atoms with Crippen molar-refractivity contribution in [3.8, 4) is 5.75 Å². The first-order valence-electron chi connectivity index (χ1n) is 7.24. The fraction of sp³-hybridized carbons (Fsp3) is 0.625. The average Bonchev–Trinajstić information content (AvgIpc) is 2.45. The van der Waals surface area contributed by atoms with Crippen molar-refractivity contribution < 1.29 is 9.47 Å². The van der Waals surface area contributed by atoms with Crippen molar-refractivity contribution in [3.63, 3.8) is 0 Å². The van der Waals surface area contributed by atoms with Gasteiger partial charge in [-0.1, -0.05) is 37.9 Å². The summed E-state index contributed by atoms with van der Waals surface area (Å²) in [4.78, 5) is 0. The highest BCUT2D eigenvalue weighted by Gasteiger charge is 2.12. The van der Waals surface area contributed by atoms with E-state index in [1.54, 1.807) is 7.11 Å². The molecule has 0 aliphatic carbocycles. The Morgan fingerprint density at radius 3 is 2.70 bits per heavy atom. The highest BCUT2D eigenvalue weighted by molar-refractivity contribution is 6.32. The first kappa shape index (κ1) is 17.3. The smallest absolute Gasteiger partial charge is 0.138 e. The first-order valence-corrected chi connectivity index (χ1v) is 7.62. The van der Waals surface area contributed by atoms with E-state index in [1.807, 2.05) is 18.2 Å². The van der Waals surface area contributed by atoms with Crippen LogP contribution in [-0.2, 0) is 11.2 Å². The summed E-state index contributed by atoms with van der Waals surface area (Å²) in [5, 5.41) is 0.642. The van der Waals surface area contributed by atoms with E-state index in [2.05, 4.69) is 13.8 Å². The molecule has 1 aromatic rings. The minimum Gasteiger partial charge on any atom is -0.492 e. The quantitative estimate of drug-likeness (QED) is 0.708. The third kappa shape index (κ3) is 5.70. The zero-order valence-corrected chi connectivity index (χ0v) is 13.5. The average molecular weight is 300 g/mol. The minimum absolute atomic E-state index is 0.169. The Balaban J connectivity index is 2.61. The van der Waals surface area contributed by atoms with Crippen molar-refractivity contribution >= 4 is 11.6 Å². The van der Waals surface area contributed by atoms with Crippen molar-refractivity contribution in [3.05, 3.63) is 28.8 Å². The van der Waals surface area contributed by atoms with Gasteiger partial charge in [0, 0.05) is 26.2 Å². The lowest BCUT2D eigenvalue weighted by Crippen LogP contribution is -2.30. The molecule has 3 nitrogen and oxygen atoms in total. The second kappa shape index (κ2) is 9.22. The first-order chi connectivity index (χ1) is 9.58. The Morgan fingerprint density at radius 1 is 1.30 bits per heavy atom. The standard InChI is InChI=1S/C16H26ClNO2/c1-4-12(2)15(18)10-13-6-7-14(17)16(11-13)20-9-5-8-19-3/h6-7,11-12,15H,4-5,8-10,18H2,1-3H3. The largest absolute Gasteiger partial charge is 0.492 e. The van der Waals surface area contributed by atoms with Crippen LogP contribution >= 0.6 is 11.6 Å². The van der Waals surface area contributed by atoms with Crippen molar-refractivity contribution in [1.29, 1.82) is 0 Å².